The molecule has 88 valence electrons. The van der Waals surface area contributed by atoms with Gasteiger partial charge in [-0.05, 0) is 39.7 Å². The van der Waals surface area contributed by atoms with Gasteiger partial charge in [0.05, 0.1) is 5.69 Å². The molecule has 2 aromatic heterocycles. The lowest BCUT2D eigenvalue weighted by atomic mass is 10.1. The van der Waals surface area contributed by atoms with Crippen LogP contribution in [0.25, 0.3) is 0 Å². The lowest BCUT2D eigenvalue weighted by molar-refractivity contribution is 0.173. The molecule has 5 heteroatoms. The van der Waals surface area contributed by atoms with Gasteiger partial charge in [0, 0.05) is 23.3 Å². The van der Waals surface area contributed by atoms with Crippen molar-refractivity contribution in [2.45, 2.75) is 12.5 Å². The number of rotatable bonds is 3. The van der Waals surface area contributed by atoms with E-state index in [4.69, 9.17) is 5.73 Å². The van der Waals surface area contributed by atoms with Crippen molar-refractivity contribution >= 4 is 21.7 Å². The molecule has 2 aromatic rings. The molecule has 0 saturated carbocycles. The number of nitrogens with two attached hydrogens (primary N) is 1. The molecular weight excluding hydrogens is 282 g/mol. The summed E-state index contributed by atoms with van der Waals surface area (Å²) < 4.78 is 0.884. The van der Waals surface area contributed by atoms with Gasteiger partial charge in [-0.3, -0.25) is 4.98 Å². The van der Waals surface area contributed by atoms with Crippen LogP contribution >= 0.6 is 15.9 Å². The normalized spacial score (nSPS) is 12.4. The van der Waals surface area contributed by atoms with Gasteiger partial charge in [0.15, 0.2) is 0 Å². The quantitative estimate of drug-likeness (QED) is 0.909. The van der Waals surface area contributed by atoms with Crippen LogP contribution in [-0.4, -0.2) is 15.1 Å². The van der Waals surface area contributed by atoms with Gasteiger partial charge >= 0.3 is 0 Å². The fourth-order valence-corrected chi connectivity index (χ4v) is 1.76. The number of halogens is 1. The molecule has 0 fully saturated rings. The predicted molar refractivity (Wildman–Crippen MR) is 69.3 cm³/mol. The molecule has 0 saturated heterocycles. The summed E-state index contributed by atoms with van der Waals surface area (Å²) in [6.07, 6.45) is 3.03. The molecule has 0 radical (unpaired) electrons. The predicted octanol–water partition coefficient (Wildman–Crippen LogP) is 2.10. The highest BCUT2D eigenvalue weighted by molar-refractivity contribution is 9.10. The molecule has 0 aliphatic heterocycles. The van der Waals surface area contributed by atoms with Crippen LogP contribution in [0.15, 0.2) is 41.1 Å². The summed E-state index contributed by atoms with van der Waals surface area (Å²) >= 11 is 3.30. The van der Waals surface area contributed by atoms with E-state index < -0.39 is 6.10 Å². The van der Waals surface area contributed by atoms with Crippen molar-refractivity contribution in [3.8, 4) is 0 Å². The van der Waals surface area contributed by atoms with Gasteiger partial charge in [-0.15, -0.1) is 0 Å². The van der Waals surface area contributed by atoms with E-state index in [9.17, 15) is 5.11 Å². The fourth-order valence-electron chi connectivity index (χ4n) is 1.52. The Balaban J connectivity index is 2.14. The number of nitrogen functional groups attached to an aromatic ring is 1. The summed E-state index contributed by atoms with van der Waals surface area (Å²) in [6, 6.07) is 7.28. The number of aliphatic hydroxyl groups excluding tert-OH is 1. The second kappa shape index (κ2) is 5.25. The number of aliphatic hydroxyl groups is 1. The summed E-state index contributed by atoms with van der Waals surface area (Å²) in [5, 5.41) is 10.0. The van der Waals surface area contributed by atoms with Crippen molar-refractivity contribution in [3.05, 3.63) is 52.4 Å². The Morgan fingerprint density at radius 3 is 2.76 bits per heavy atom. The second-order valence-electron chi connectivity index (χ2n) is 3.67. The van der Waals surface area contributed by atoms with Crippen LogP contribution in [0.5, 0.6) is 0 Å². The van der Waals surface area contributed by atoms with E-state index in [0.717, 1.165) is 10.0 Å². The monoisotopic (exact) mass is 293 g/mol. The smallest absolute Gasteiger partial charge is 0.126 e. The molecular formula is C12H12BrN3O. The number of aromatic nitrogens is 2. The third kappa shape index (κ3) is 3.01. The zero-order valence-electron chi connectivity index (χ0n) is 9.05. The fraction of sp³-hybridized carbons (Fsp3) is 0.167. The first-order valence-corrected chi connectivity index (χ1v) is 5.95. The molecule has 0 amide bonds. The van der Waals surface area contributed by atoms with Crippen LogP contribution in [0, 0.1) is 0 Å². The summed E-state index contributed by atoms with van der Waals surface area (Å²) in [7, 11) is 0. The van der Waals surface area contributed by atoms with Gasteiger partial charge < -0.3 is 10.8 Å². The molecule has 1 unspecified atom stereocenters. The highest BCUT2D eigenvalue weighted by atomic mass is 79.9. The molecule has 0 bridgehead atoms. The maximum atomic E-state index is 10.0. The van der Waals surface area contributed by atoms with Crippen molar-refractivity contribution in [2.24, 2.45) is 0 Å². The van der Waals surface area contributed by atoms with Gasteiger partial charge in [-0.1, -0.05) is 6.07 Å². The molecule has 4 nitrogen and oxygen atoms in total. The highest BCUT2D eigenvalue weighted by Crippen LogP contribution is 2.20. The topological polar surface area (TPSA) is 72.0 Å². The maximum absolute atomic E-state index is 10.0. The van der Waals surface area contributed by atoms with Crippen molar-refractivity contribution in [1.82, 2.24) is 9.97 Å². The van der Waals surface area contributed by atoms with E-state index in [1.807, 2.05) is 12.1 Å². The molecule has 2 rings (SSSR count). The minimum atomic E-state index is -0.672. The van der Waals surface area contributed by atoms with Crippen LogP contribution in [-0.2, 0) is 6.42 Å². The van der Waals surface area contributed by atoms with Crippen molar-refractivity contribution in [3.63, 3.8) is 0 Å². The van der Waals surface area contributed by atoms with Gasteiger partial charge in [0.1, 0.15) is 11.9 Å². The SMILES string of the molecule is Nc1ncccc1CC(O)c1ccc(Br)cn1. The van der Waals surface area contributed by atoms with E-state index in [-0.39, 0.29) is 0 Å². The zero-order valence-corrected chi connectivity index (χ0v) is 10.6. The molecule has 0 aliphatic rings. The molecule has 0 spiro atoms. The zero-order chi connectivity index (χ0) is 12.3. The summed E-state index contributed by atoms with van der Waals surface area (Å²) in [6.45, 7) is 0. The summed E-state index contributed by atoms with van der Waals surface area (Å²) in [5.74, 6) is 0.448. The number of hydrogen-bond acceptors (Lipinski definition) is 4. The molecule has 17 heavy (non-hydrogen) atoms. The second-order valence-corrected chi connectivity index (χ2v) is 4.58. The van der Waals surface area contributed by atoms with Crippen LogP contribution in [0.4, 0.5) is 5.82 Å². The van der Waals surface area contributed by atoms with Gasteiger partial charge in [0.2, 0.25) is 0 Å². The Hall–Kier alpha value is -1.46. The third-order valence-electron chi connectivity index (χ3n) is 2.43. The molecule has 1 atom stereocenters. The average Bonchev–Trinajstić information content (AvgIpc) is 2.33. The van der Waals surface area contributed by atoms with E-state index in [1.165, 1.54) is 0 Å². The number of anilines is 1. The average molecular weight is 294 g/mol. The first kappa shape index (κ1) is 12.0. The van der Waals surface area contributed by atoms with Crippen molar-refractivity contribution in [2.75, 3.05) is 5.73 Å². The number of nitrogens with zero attached hydrogens (tertiary/aromatic N) is 2. The Morgan fingerprint density at radius 2 is 2.12 bits per heavy atom. The first-order valence-electron chi connectivity index (χ1n) is 5.15. The van der Waals surface area contributed by atoms with E-state index in [2.05, 4.69) is 25.9 Å². The lowest BCUT2D eigenvalue weighted by Gasteiger charge is -2.11. The lowest BCUT2D eigenvalue weighted by Crippen LogP contribution is -2.06. The van der Waals surface area contributed by atoms with Crippen LogP contribution < -0.4 is 5.73 Å². The summed E-state index contributed by atoms with van der Waals surface area (Å²) in [4.78, 5) is 8.12. The molecule has 0 aromatic carbocycles. The number of pyridine rings is 2. The highest BCUT2D eigenvalue weighted by Gasteiger charge is 2.11. The Morgan fingerprint density at radius 1 is 1.29 bits per heavy atom. The van der Waals surface area contributed by atoms with E-state index >= 15 is 0 Å². The van der Waals surface area contributed by atoms with Crippen molar-refractivity contribution < 1.29 is 5.11 Å². The first-order chi connectivity index (χ1) is 8.16. The minimum Gasteiger partial charge on any atom is -0.386 e. The van der Waals surface area contributed by atoms with Gasteiger partial charge in [-0.25, -0.2) is 4.98 Å². The largest absolute Gasteiger partial charge is 0.386 e. The van der Waals surface area contributed by atoms with E-state index in [1.54, 1.807) is 24.5 Å². The maximum Gasteiger partial charge on any atom is 0.126 e. The van der Waals surface area contributed by atoms with Crippen LogP contribution in [0.1, 0.15) is 17.4 Å². The Bertz CT molecular complexity index is 501. The van der Waals surface area contributed by atoms with Gasteiger partial charge in [-0.2, -0.15) is 0 Å². The van der Waals surface area contributed by atoms with Crippen LogP contribution in [0.3, 0.4) is 0 Å². The molecule has 0 aliphatic carbocycles. The third-order valence-corrected chi connectivity index (χ3v) is 2.90. The minimum absolute atomic E-state index is 0.411. The molecule has 2 heterocycles. The number of hydrogen-bond donors (Lipinski definition) is 2. The Labute approximate surface area is 108 Å². The van der Waals surface area contributed by atoms with Crippen LogP contribution in [0.2, 0.25) is 0 Å². The Kier molecular flexibility index (Phi) is 3.71. The van der Waals surface area contributed by atoms with Crippen molar-refractivity contribution in [1.29, 1.82) is 0 Å². The van der Waals surface area contributed by atoms with Gasteiger partial charge in [0.25, 0.3) is 0 Å². The van der Waals surface area contributed by atoms with E-state index in [0.29, 0.717) is 17.9 Å². The molecule has 3 N–H and O–H groups in total. The standard InChI is InChI=1S/C12H12BrN3O/c13-9-3-4-10(16-7-9)11(17)6-8-2-1-5-15-12(8)14/h1-5,7,11,17H,6H2,(H2,14,15). The summed E-state index contributed by atoms with van der Waals surface area (Å²) in [5.41, 5.74) is 7.17.